The van der Waals surface area contributed by atoms with Crippen LogP contribution >= 0.6 is 0 Å². The Morgan fingerprint density at radius 1 is 1.22 bits per heavy atom. The Labute approximate surface area is 133 Å². The minimum Gasteiger partial charge on any atom is -0.344 e. The lowest BCUT2D eigenvalue weighted by Gasteiger charge is -2.19. The normalized spacial score (nSPS) is 23.8. The molecule has 3 amide bonds. The average molecular weight is 314 g/mol. The number of carbonyl (C=O) groups excluding carboxylic acids is 3. The zero-order valence-corrected chi connectivity index (χ0v) is 12.8. The number of amides is 3. The summed E-state index contributed by atoms with van der Waals surface area (Å²) < 4.78 is 0. The summed E-state index contributed by atoms with van der Waals surface area (Å²) in [6.45, 7) is 1.95. The summed E-state index contributed by atoms with van der Waals surface area (Å²) in [5.41, 5.74) is 4.88. The molecular formula is C16H18N4O3. The summed E-state index contributed by atoms with van der Waals surface area (Å²) in [5.74, 6) is -0.326. The molecule has 7 heteroatoms. The van der Waals surface area contributed by atoms with E-state index in [0.717, 1.165) is 11.3 Å². The monoisotopic (exact) mass is 314 g/mol. The molecule has 120 valence electrons. The second-order valence-electron chi connectivity index (χ2n) is 5.86. The average Bonchev–Trinajstić information content (AvgIpc) is 2.95. The quantitative estimate of drug-likeness (QED) is 0.768. The van der Waals surface area contributed by atoms with Crippen LogP contribution in [0, 0.1) is 5.92 Å². The Balaban J connectivity index is 1.66. The fourth-order valence-corrected chi connectivity index (χ4v) is 2.77. The highest BCUT2D eigenvalue weighted by atomic mass is 16.2. The first-order chi connectivity index (χ1) is 11.0. The van der Waals surface area contributed by atoms with Gasteiger partial charge in [-0.05, 0) is 24.1 Å². The third-order valence-corrected chi connectivity index (χ3v) is 4.02. The van der Waals surface area contributed by atoms with Crippen LogP contribution in [-0.4, -0.2) is 29.5 Å². The maximum Gasteiger partial charge on any atom is 0.246 e. The second kappa shape index (κ2) is 6.20. The van der Waals surface area contributed by atoms with E-state index in [1.165, 1.54) is 0 Å². The first-order valence-electron chi connectivity index (χ1n) is 7.60. The number of hydrogen-bond donors (Lipinski definition) is 3. The lowest BCUT2D eigenvalue weighted by Crippen LogP contribution is -2.37. The van der Waals surface area contributed by atoms with E-state index in [0.29, 0.717) is 24.9 Å². The molecule has 0 aromatic heterocycles. The van der Waals surface area contributed by atoms with Crippen LogP contribution in [0.3, 0.4) is 0 Å². The van der Waals surface area contributed by atoms with Crippen LogP contribution in [0.25, 0.3) is 0 Å². The van der Waals surface area contributed by atoms with Gasteiger partial charge in [-0.25, -0.2) is 5.43 Å². The Morgan fingerprint density at radius 3 is 2.57 bits per heavy atom. The number of nitrogens with zero attached hydrogens (tertiary/aromatic N) is 1. The number of rotatable bonds is 3. The van der Waals surface area contributed by atoms with E-state index in [4.69, 9.17) is 0 Å². The molecule has 3 N–H and O–H groups in total. The van der Waals surface area contributed by atoms with Crippen LogP contribution in [0.15, 0.2) is 29.4 Å². The van der Waals surface area contributed by atoms with Gasteiger partial charge in [-0.3, -0.25) is 14.4 Å². The highest BCUT2D eigenvalue weighted by Gasteiger charge is 2.27. The third kappa shape index (κ3) is 3.39. The fraction of sp³-hybridized carbons (Fsp3) is 0.375. The molecule has 0 aliphatic carbocycles. The van der Waals surface area contributed by atoms with Crippen molar-refractivity contribution >= 4 is 29.1 Å². The van der Waals surface area contributed by atoms with Gasteiger partial charge in [0.15, 0.2) is 0 Å². The topological polar surface area (TPSA) is 99.7 Å². The van der Waals surface area contributed by atoms with Gasteiger partial charge in [0.2, 0.25) is 17.7 Å². The molecule has 7 nitrogen and oxygen atoms in total. The number of anilines is 1. The van der Waals surface area contributed by atoms with Crippen molar-refractivity contribution in [3.63, 3.8) is 0 Å². The molecular weight excluding hydrogens is 296 g/mol. The zero-order valence-electron chi connectivity index (χ0n) is 12.8. The molecule has 0 radical (unpaired) electrons. The third-order valence-electron chi connectivity index (χ3n) is 4.02. The predicted molar refractivity (Wildman–Crippen MR) is 84.7 cm³/mol. The first-order valence-corrected chi connectivity index (χ1v) is 7.60. The van der Waals surface area contributed by atoms with Gasteiger partial charge < -0.3 is 10.6 Å². The van der Waals surface area contributed by atoms with Crippen molar-refractivity contribution in [1.29, 1.82) is 0 Å². The van der Waals surface area contributed by atoms with Crippen molar-refractivity contribution in [2.24, 2.45) is 11.0 Å². The van der Waals surface area contributed by atoms with E-state index in [-0.39, 0.29) is 23.6 Å². The summed E-state index contributed by atoms with van der Waals surface area (Å²) in [5, 5.41) is 9.53. The standard InChI is InChI=1S/C16H18N4O3/c1-9-8-14(22)19-20-15(9)10-2-4-11(5-3-10)17-16(23)12-6-7-13(21)18-12/h2-5,9,12H,6-8H2,1H3,(H,17,23)(H,18,21)(H,19,22)/t9?,12-/m0/s1. The molecule has 2 atom stereocenters. The van der Waals surface area contributed by atoms with E-state index in [1.807, 2.05) is 19.1 Å². The molecule has 0 spiro atoms. The summed E-state index contributed by atoms with van der Waals surface area (Å²) in [6.07, 6.45) is 1.33. The van der Waals surface area contributed by atoms with E-state index < -0.39 is 6.04 Å². The van der Waals surface area contributed by atoms with Crippen LogP contribution in [0.5, 0.6) is 0 Å². The highest BCUT2D eigenvalue weighted by Crippen LogP contribution is 2.19. The SMILES string of the molecule is CC1CC(=O)NN=C1c1ccc(NC(=O)[C@@H]2CCC(=O)N2)cc1. The van der Waals surface area contributed by atoms with Gasteiger partial charge in [-0.1, -0.05) is 19.1 Å². The minimum atomic E-state index is -0.458. The number of nitrogens with one attached hydrogen (secondary N) is 3. The van der Waals surface area contributed by atoms with Gasteiger partial charge in [-0.15, -0.1) is 0 Å². The summed E-state index contributed by atoms with van der Waals surface area (Å²) in [4.78, 5) is 34.5. The summed E-state index contributed by atoms with van der Waals surface area (Å²) in [7, 11) is 0. The van der Waals surface area contributed by atoms with Gasteiger partial charge in [-0.2, -0.15) is 5.10 Å². The van der Waals surface area contributed by atoms with E-state index in [9.17, 15) is 14.4 Å². The van der Waals surface area contributed by atoms with E-state index in [2.05, 4.69) is 21.2 Å². The summed E-state index contributed by atoms with van der Waals surface area (Å²) >= 11 is 0. The molecule has 3 rings (SSSR count). The predicted octanol–water partition coefficient (Wildman–Crippen LogP) is 0.764. The van der Waals surface area contributed by atoms with Crippen molar-refractivity contribution in [3.8, 4) is 0 Å². The number of hydrazone groups is 1. The Kier molecular flexibility index (Phi) is 4.10. The van der Waals surface area contributed by atoms with Crippen molar-refractivity contribution in [2.45, 2.75) is 32.2 Å². The summed E-state index contributed by atoms with van der Waals surface area (Å²) in [6, 6.07) is 6.83. The van der Waals surface area contributed by atoms with Crippen molar-refractivity contribution < 1.29 is 14.4 Å². The van der Waals surface area contributed by atoms with Gasteiger partial charge in [0.05, 0.1) is 5.71 Å². The van der Waals surface area contributed by atoms with Crippen LogP contribution in [0.1, 0.15) is 31.7 Å². The van der Waals surface area contributed by atoms with Crippen LogP contribution < -0.4 is 16.1 Å². The lowest BCUT2D eigenvalue weighted by molar-refractivity contribution is -0.122. The molecule has 2 aliphatic rings. The molecule has 1 unspecified atom stereocenters. The number of benzene rings is 1. The van der Waals surface area contributed by atoms with Gasteiger partial charge in [0, 0.05) is 24.4 Å². The number of carbonyl (C=O) groups is 3. The molecule has 2 heterocycles. The minimum absolute atomic E-state index is 0.0536. The molecule has 1 aromatic carbocycles. The van der Waals surface area contributed by atoms with E-state index in [1.54, 1.807) is 12.1 Å². The highest BCUT2D eigenvalue weighted by molar-refractivity contribution is 6.06. The van der Waals surface area contributed by atoms with Crippen LogP contribution in [0.2, 0.25) is 0 Å². The Bertz CT molecular complexity index is 681. The van der Waals surface area contributed by atoms with Crippen molar-refractivity contribution in [1.82, 2.24) is 10.7 Å². The smallest absolute Gasteiger partial charge is 0.246 e. The van der Waals surface area contributed by atoms with Crippen molar-refractivity contribution in [2.75, 3.05) is 5.32 Å². The van der Waals surface area contributed by atoms with Crippen LogP contribution in [-0.2, 0) is 14.4 Å². The molecule has 23 heavy (non-hydrogen) atoms. The second-order valence-corrected chi connectivity index (χ2v) is 5.86. The largest absolute Gasteiger partial charge is 0.344 e. The fourth-order valence-electron chi connectivity index (χ4n) is 2.77. The van der Waals surface area contributed by atoms with Gasteiger partial charge >= 0.3 is 0 Å². The molecule has 2 aliphatic heterocycles. The van der Waals surface area contributed by atoms with Gasteiger partial charge in [0.25, 0.3) is 0 Å². The lowest BCUT2D eigenvalue weighted by atomic mass is 9.94. The van der Waals surface area contributed by atoms with Crippen molar-refractivity contribution in [3.05, 3.63) is 29.8 Å². The molecule has 1 aromatic rings. The van der Waals surface area contributed by atoms with Crippen LogP contribution in [0.4, 0.5) is 5.69 Å². The molecule has 0 saturated carbocycles. The molecule has 0 bridgehead atoms. The molecule has 1 saturated heterocycles. The maximum atomic E-state index is 12.0. The number of hydrogen-bond acceptors (Lipinski definition) is 4. The Hall–Kier alpha value is -2.70. The maximum absolute atomic E-state index is 12.0. The molecule has 1 fully saturated rings. The van der Waals surface area contributed by atoms with Gasteiger partial charge in [0.1, 0.15) is 6.04 Å². The first kappa shape index (κ1) is 15.2. The zero-order chi connectivity index (χ0) is 16.4. The Morgan fingerprint density at radius 2 is 1.96 bits per heavy atom. The van der Waals surface area contributed by atoms with E-state index >= 15 is 0 Å².